The maximum Gasteiger partial charge on any atom is 0.257 e. The fourth-order valence-electron chi connectivity index (χ4n) is 2.45. The highest BCUT2D eigenvalue weighted by molar-refractivity contribution is 6.05. The number of carbonyl (C=O) groups is 1. The fraction of sp³-hybridized carbons (Fsp3) is 0.235. The second-order valence-electron chi connectivity index (χ2n) is 5.45. The molecule has 1 amide bonds. The topological polar surface area (TPSA) is 85.6 Å². The Morgan fingerprint density at radius 3 is 2.71 bits per heavy atom. The Bertz CT molecular complexity index is 886. The van der Waals surface area contributed by atoms with E-state index in [1.54, 1.807) is 12.4 Å². The lowest BCUT2D eigenvalue weighted by Gasteiger charge is -2.10. The van der Waals surface area contributed by atoms with Crippen molar-refractivity contribution < 1.29 is 4.79 Å². The molecule has 0 radical (unpaired) electrons. The van der Waals surface area contributed by atoms with Gasteiger partial charge >= 0.3 is 0 Å². The third kappa shape index (κ3) is 3.15. The largest absolute Gasteiger partial charge is 0.322 e. The number of anilines is 1. The number of hydrogen-bond donors (Lipinski definition) is 1. The summed E-state index contributed by atoms with van der Waals surface area (Å²) in [6.07, 6.45) is 2.29. The second-order valence-corrected chi connectivity index (χ2v) is 5.45. The zero-order chi connectivity index (χ0) is 17.1. The van der Waals surface area contributed by atoms with Crippen LogP contribution < -0.4 is 5.32 Å². The second kappa shape index (κ2) is 6.57. The van der Waals surface area contributed by atoms with Crippen LogP contribution in [0.15, 0.2) is 36.7 Å². The molecule has 0 bridgehead atoms. The molecule has 0 aliphatic rings. The van der Waals surface area contributed by atoms with E-state index in [4.69, 9.17) is 0 Å². The highest BCUT2D eigenvalue weighted by Crippen LogP contribution is 2.17. The first-order valence-electron chi connectivity index (χ1n) is 7.70. The van der Waals surface area contributed by atoms with E-state index < -0.39 is 0 Å². The molecule has 24 heavy (non-hydrogen) atoms. The number of nitrogens with zero attached hydrogens (tertiary/aromatic N) is 5. The number of carbonyl (C=O) groups excluding carboxylic acids is 1. The summed E-state index contributed by atoms with van der Waals surface area (Å²) in [6, 6.07) is 9.29. The first kappa shape index (κ1) is 15.8. The lowest BCUT2D eigenvalue weighted by atomic mass is 10.1. The van der Waals surface area contributed by atoms with Gasteiger partial charge in [0.1, 0.15) is 12.2 Å². The molecule has 0 saturated heterocycles. The highest BCUT2D eigenvalue weighted by atomic mass is 16.1. The molecule has 3 aromatic rings. The Balaban J connectivity index is 1.88. The van der Waals surface area contributed by atoms with Crippen LogP contribution in [0.1, 0.15) is 34.5 Å². The van der Waals surface area contributed by atoms with E-state index in [0.717, 1.165) is 11.5 Å². The van der Waals surface area contributed by atoms with Crippen molar-refractivity contribution in [2.45, 2.75) is 27.2 Å². The van der Waals surface area contributed by atoms with Crippen molar-refractivity contribution in [1.82, 2.24) is 25.0 Å². The average molecular weight is 322 g/mol. The average Bonchev–Trinajstić information content (AvgIpc) is 3.01. The van der Waals surface area contributed by atoms with Crippen LogP contribution >= 0.6 is 0 Å². The summed E-state index contributed by atoms with van der Waals surface area (Å²) in [5, 5.41) is 18.9. The van der Waals surface area contributed by atoms with Crippen molar-refractivity contribution in [3.8, 4) is 5.69 Å². The van der Waals surface area contributed by atoms with Gasteiger partial charge in [-0.25, -0.2) is 0 Å². The minimum absolute atomic E-state index is 0.192. The summed E-state index contributed by atoms with van der Waals surface area (Å²) in [4.78, 5) is 12.6. The van der Waals surface area contributed by atoms with Crippen molar-refractivity contribution in [1.29, 1.82) is 0 Å². The van der Waals surface area contributed by atoms with Gasteiger partial charge in [-0.2, -0.15) is 10.2 Å². The lowest BCUT2D eigenvalue weighted by Crippen LogP contribution is -2.16. The molecule has 0 aliphatic heterocycles. The van der Waals surface area contributed by atoms with Crippen molar-refractivity contribution in [3.63, 3.8) is 0 Å². The van der Waals surface area contributed by atoms with Gasteiger partial charge in [-0.15, -0.1) is 10.2 Å². The molecule has 0 atom stereocenters. The van der Waals surface area contributed by atoms with Crippen molar-refractivity contribution >= 4 is 11.6 Å². The zero-order valence-corrected chi connectivity index (χ0v) is 13.8. The van der Waals surface area contributed by atoms with Crippen LogP contribution in [0.2, 0.25) is 0 Å². The minimum atomic E-state index is -0.192. The number of aromatic nitrogens is 5. The normalized spacial score (nSPS) is 10.6. The number of rotatable bonds is 4. The van der Waals surface area contributed by atoms with Gasteiger partial charge < -0.3 is 5.32 Å². The van der Waals surface area contributed by atoms with Crippen LogP contribution in [0.25, 0.3) is 5.69 Å². The van der Waals surface area contributed by atoms with Crippen molar-refractivity contribution in [2.24, 2.45) is 0 Å². The van der Waals surface area contributed by atoms with E-state index in [2.05, 4.69) is 25.7 Å². The number of hydrogen-bond acceptors (Lipinski definition) is 5. The molecule has 0 spiro atoms. The van der Waals surface area contributed by atoms with Crippen LogP contribution in [-0.4, -0.2) is 30.9 Å². The van der Waals surface area contributed by atoms with E-state index in [-0.39, 0.29) is 5.91 Å². The van der Waals surface area contributed by atoms with Crippen molar-refractivity contribution in [3.05, 3.63) is 59.4 Å². The number of aryl methyl sites for hydroxylation is 3. The van der Waals surface area contributed by atoms with E-state index in [9.17, 15) is 4.79 Å². The smallest absolute Gasteiger partial charge is 0.257 e. The summed E-state index contributed by atoms with van der Waals surface area (Å²) in [5.74, 6) is 0.586. The van der Waals surface area contributed by atoms with Crippen LogP contribution in [0.4, 0.5) is 5.69 Å². The van der Waals surface area contributed by atoms with Gasteiger partial charge in [-0.3, -0.25) is 9.36 Å². The molecular formula is C17H18N6O. The van der Waals surface area contributed by atoms with Crippen LogP contribution in [-0.2, 0) is 6.42 Å². The molecule has 0 unspecified atom stereocenters. The molecule has 3 rings (SSSR count). The van der Waals surface area contributed by atoms with Crippen molar-refractivity contribution in [2.75, 3.05) is 5.32 Å². The maximum atomic E-state index is 12.6. The van der Waals surface area contributed by atoms with E-state index in [1.807, 2.05) is 49.6 Å². The monoisotopic (exact) mass is 322 g/mol. The third-order valence-corrected chi connectivity index (χ3v) is 3.67. The summed E-state index contributed by atoms with van der Waals surface area (Å²) in [6.45, 7) is 5.64. The van der Waals surface area contributed by atoms with Gasteiger partial charge in [-0.05, 0) is 44.5 Å². The summed E-state index contributed by atoms with van der Waals surface area (Å²) < 4.78 is 1.85. The van der Waals surface area contributed by atoms with Gasteiger partial charge in [0.25, 0.3) is 5.91 Å². The van der Waals surface area contributed by atoms with Crippen LogP contribution in [0.3, 0.4) is 0 Å². The van der Waals surface area contributed by atoms with Gasteiger partial charge in [0, 0.05) is 5.69 Å². The standard InChI is InChI=1S/C17H18N6O/c1-4-16-15(8-11(2)20-22-16)17(24)19-13-6-5-7-14(9-13)23-10-18-21-12(23)3/h5-10H,4H2,1-3H3,(H,19,24). The maximum absolute atomic E-state index is 12.6. The summed E-state index contributed by atoms with van der Waals surface area (Å²) >= 11 is 0. The fourth-order valence-corrected chi connectivity index (χ4v) is 2.45. The van der Waals surface area contributed by atoms with Gasteiger partial charge in [-0.1, -0.05) is 13.0 Å². The lowest BCUT2D eigenvalue weighted by molar-refractivity contribution is 0.102. The Hall–Kier alpha value is -3.09. The SMILES string of the molecule is CCc1nnc(C)cc1C(=O)Nc1cccc(-n2cnnc2C)c1. The van der Waals surface area contributed by atoms with Crippen LogP contribution in [0, 0.1) is 13.8 Å². The van der Waals surface area contributed by atoms with E-state index in [1.165, 1.54) is 0 Å². The summed E-state index contributed by atoms with van der Waals surface area (Å²) in [5.41, 5.74) is 3.53. The van der Waals surface area contributed by atoms with Crippen LogP contribution in [0.5, 0.6) is 0 Å². The number of amides is 1. The Morgan fingerprint density at radius 2 is 2.00 bits per heavy atom. The molecule has 0 aliphatic carbocycles. The van der Waals surface area contributed by atoms with E-state index >= 15 is 0 Å². The molecule has 7 heteroatoms. The van der Waals surface area contributed by atoms with Gasteiger partial charge in [0.15, 0.2) is 0 Å². The predicted molar refractivity (Wildman–Crippen MR) is 90.2 cm³/mol. The molecular weight excluding hydrogens is 304 g/mol. The molecule has 0 fully saturated rings. The Morgan fingerprint density at radius 1 is 1.17 bits per heavy atom. The minimum Gasteiger partial charge on any atom is -0.322 e. The summed E-state index contributed by atoms with van der Waals surface area (Å²) in [7, 11) is 0. The number of benzene rings is 1. The molecule has 1 aromatic carbocycles. The Labute approximate surface area is 139 Å². The number of nitrogens with one attached hydrogen (secondary N) is 1. The first-order valence-corrected chi connectivity index (χ1v) is 7.70. The zero-order valence-electron chi connectivity index (χ0n) is 13.8. The molecule has 2 heterocycles. The third-order valence-electron chi connectivity index (χ3n) is 3.67. The molecule has 122 valence electrons. The molecule has 1 N–H and O–H groups in total. The molecule has 0 saturated carbocycles. The highest BCUT2D eigenvalue weighted by Gasteiger charge is 2.13. The van der Waals surface area contributed by atoms with Gasteiger partial charge in [0.2, 0.25) is 0 Å². The molecule has 2 aromatic heterocycles. The first-order chi connectivity index (χ1) is 11.6. The van der Waals surface area contributed by atoms with E-state index in [0.29, 0.717) is 29.1 Å². The predicted octanol–water partition coefficient (Wildman–Crippen LogP) is 2.49. The molecule has 7 nitrogen and oxygen atoms in total. The Kier molecular flexibility index (Phi) is 4.33. The quantitative estimate of drug-likeness (QED) is 0.797. The van der Waals surface area contributed by atoms with Gasteiger partial charge in [0.05, 0.1) is 22.6 Å².